The number of benzene rings is 1. The zero-order valence-electron chi connectivity index (χ0n) is 11.2. The number of rotatable bonds is 2. The Labute approximate surface area is 132 Å². The second-order valence-corrected chi connectivity index (χ2v) is 6.19. The molecule has 0 fully saturated rings. The first-order valence-electron chi connectivity index (χ1n) is 6.24. The maximum atomic E-state index is 6.11. The van der Waals surface area contributed by atoms with Crippen molar-refractivity contribution in [3.05, 3.63) is 39.5 Å². The summed E-state index contributed by atoms with van der Waals surface area (Å²) in [6, 6.07) is 5.68. The highest BCUT2D eigenvalue weighted by molar-refractivity contribution is 7.98. The fraction of sp³-hybridized carbons (Fsp3) is 0.286. The Hall–Kier alpha value is -0.970. The van der Waals surface area contributed by atoms with E-state index in [9.17, 15) is 0 Å². The van der Waals surface area contributed by atoms with E-state index in [4.69, 9.17) is 23.2 Å². The van der Waals surface area contributed by atoms with Crippen molar-refractivity contribution in [1.29, 1.82) is 0 Å². The molecule has 0 bridgehead atoms. The van der Waals surface area contributed by atoms with Gasteiger partial charge in [0, 0.05) is 23.5 Å². The Kier molecular flexibility index (Phi) is 3.80. The molecule has 0 atom stereocenters. The van der Waals surface area contributed by atoms with Crippen LogP contribution in [-0.2, 0) is 6.42 Å². The summed E-state index contributed by atoms with van der Waals surface area (Å²) in [6.07, 6.45) is 2.94. The molecule has 1 aromatic carbocycles. The van der Waals surface area contributed by atoms with Crippen molar-refractivity contribution in [2.45, 2.75) is 18.5 Å². The largest absolute Gasteiger partial charge is 0.326 e. The number of nitrogens with zero attached hydrogens (tertiary/aromatic N) is 3. The van der Waals surface area contributed by atoms with Crippen molar-refractivity contribution >= 4 is 46.5 Å². The van der Waals surface area contributed by atoms with Gasteiger partial charge in [-0.3, -0.25) is 0 Å². The van der Waals surface area contributed by atoms with Crippen molar-refractivity contribution < 1.29 is 0 Å². The van der Waals surface area contributed by atoms with Crippen LogP contribution >= 0.6 is 35.0 Å². The van der Waals surface area contributed by atoms with E-state index in [1.807, 2.05) is 31.4 Å². The van der Waals surface area contributed by atoms with Gasteiger partial charge >= 0.3 is 0 Å². The first-order chi connectivity index (χ1) is 9.60. The fourth-order valence-electron chi connectivity index (χ4n) is 2.40. The molecule has 3 nitrogen and oxygen atoms in total. The smallest absolute Gasteiger partial charge is 0.189 e. The van der Waals surface area contributed by atoms with Gasteiger partial charge in [-0.15, -0.1) is 0 Å². The number of aromatic nitrogens is 2. The zero-order chi connectivity index (χ0) is 14.3. The molecule has 1 aliphatic rings. The summed E-state index contributed by atoms with van der Waals surface area (Å²) in [5.41, 5.74) is 3.29. The molecule has 0 unspecified atom stereocenters. The third kappa shape index (κ3) is 2.36. The van der Waals surface area contributed by atoms with Crippen molar-refractivity contribution in [2.24, 2.45) is 0 Å². The van der Waals surface area contributed by atoms with E-state index < -0.39 is 0 Å². The average Bonchev–Trinajstić information content (AvgIpc) is 2.86. The van der Waals surface area contributed by atoms with Crippen LogP contribution in [0.25, 0.3) is 0 Å². The Bertz CT molecular complexity index is 676. The summed E-state index contributed by atoms with van der Waals surface area (Å²) in [6.45, 7) is 2.93. The second kappa shape index (κ2) is 5.43. The highest BCUT2D eigenvalue weighted by atomic mass is 35.5. The molecule has 20 heavy (non-hydrogen) atoms. The molecule has 0 N–H and O–H groups in total. The summed E-state index contributed by atoms with van der Waals surface area (Å²) >= 11 is 13.7. The number of fused-ring (bicyclic) bond motifs is 1. The zero-order valence-corrected chi connectivity index (χ0v) is 13.5. The van der Waals surface area contributed by atoms with E-state index in [1.54, 1.807) is 11.8 Å². The predicted molar refractivity (Wildman–Crippen MR) is 85.7 cm³/mol. The third-order valence-electron chi connectivity index (χ3n) is 3.41. The lowest BCUT2D eigenvalue weighted by molar-refractivity contribution is 0.918. The van der Waals surface area contributed by atoms with Crippen LogP contribution in [0, 0.1) is 6.92 Å². The van der Waals surface area contributed by atoms with Gasteiger partial charge in [0.25, 0.3) is 0 Å². The van der Waals surface area contributed by atoms with E-state index in [0.717, 1.165) is 35.3 Å². The number of hydrogen-bond acceptors (Lipinski definition) is 4. The fourth-order valence-corrected chi connectivity index (χ4v) is 3.10. The van der Waals surface area contributed by atoms with Gasteiger partial charge < -0.3 is 4.90 Å². The van der Waals surface area contributed by atoms with Crippen LogP contribution < -0.4 is 4.90 Å². The standard InChI is InChI=1S/C14H13Cl2N3S/c1-8-10-5-6-19(13(10)18-14(17-8)20-2)9-3-4-11(15)12(16)7-9/h3-4,7H,5-6H2,1-2H3. The molecule has 0 spiro atoms. The second-order valence-electron chi connectivity index (χ2n) is 4.60. The van der Waals surface area contributed by atoms with Gasteiger partial charge in [-0.25, -0.2) is 9.97 Å². The lowest BCUT2D eigenvalue weighted by Gasteiger charge is -2.19. The Morgan fingerprint density at radius 2 is 2.00 bits per heavy atom. The van der Waals surface area contributed by atoms with E-state index in [0.29, 0.717) is 10.0 Å². The van der Waals surface area contributed by atoms with E-state index >= 15 is 0 Å². The van der Waals surface area contributed by atoms with Gasteiger partial charge in [0.1, 0.15) is 5.82 Å². The predicted octanol–water partition coefficient (Wildman–Crippen LogP) is 4.51. The van der Waals surface area contributed by atoms with E-state index in [1.165, 1.54) is 5.56 Å². The maximum Gasteiger partial charge on any atom is 0.189 e. The topological polar surface area (TPSA) is 29.0 Å². The Morgan fingerprint density at radius 3 is 2.70 bits per heavy atom. The van der Waals surface area contributed by atoms with Gasteiger partial charge in [0.2, 0.25) is 0 Å². The van der Waals surface area contributed by atoms with E-state index in [-0.39, 0.29) is 0 Å². The van der Waals surface area contributed by atoms with Gasteiger partial charge in [-0.05, 0) is 37.8 Å². The summed E-state index contributed by atoms with van der Waals surface area (Å²) < 4.78 is 0. The summed E-state index contributed by atoms with van der Waals surface area (Å²) in [5, 5.41) is 1.93. The molecule has 0 amide bonds. The highest BCUT2D eigenvalue weighted by Crippen LogP contribution is 2.37. The number of thioether (sulfide) groups is 1. The van der Waals surface area contributed by atoms with Gasteiger partial charge in [-0.2, -0.15) is 0 Å². The normalized spacial score (nSPS) is 13.7. The minimum absolute atomic E-state index is 0.563. The molecule has 0 radical (unpaired) electrons. The summed E-state index contributed by atoms with van der Waals surface area (Å²) in [5.74, 6) is 0.986. The van der Waals surface area contributed by atoms with Gasteiger partial charge in [0.15, 0.2) is 5.16 Å². The molecule has 2 aromatic rings. The molecule has 0 saturated carbocycles. The molecule has 2 heterocycles. The average molecular weight is 326 g/mol. The molecule has 0 aliphatic carbocycles. The van der Waals surface area contributed by atoms with Crippen LogP contribution in [0.4, 0.5) is 11.5 Å². The molecule has 104 valence electrons. The lowest BCUT2D eigenvalue weighted by atomic mass is 10.2. The first-order valence-corrected chi connectivity index (χ1v) is 8.22. The molecule has 3 rings (SSSR count). The van der Waals surface area contributed by atoms with Crippen LogP contribution in [0.1, 0.15) is 11.3 Å². The monoisotopic (exact) mass is 325 g/mol. The SMILES string of the molecule is CSc1nc(C)c2c(n1)N(c1ccc(Cl)c(Cl)c1)CC2. The quantitative estimate of drug-likeness (QED) is 0.600. The molecule has 1 aliphatic heterocycles. The number of aryl methyl sites for hydroxylation is 1. The van der Waals surface area contributed by atoms with Gasteiger partial charge in [0.05, 0.1) is 10.0 Å². The molecular weight excluding hydrogens is 313 g/mol. The van der Waals surface area contributed by atoms with E-state index in [2.05, 4.69) is 14.9 Å². The Morgan fingerprint density at radius 1 is 1.20 bits per heavy atom. The van der Waals surface area contributed by atoms with Crippen LogP contribution in [-0.4, -0.2) is 22.8 Å². The lowest BCUT2D eigenvalue weighted by Crippen LogP contribution is -2.14. The number of halogens is 2. The van der Waals surface area contributed by atoms with Gasteiger partial charge in [-0.1, -0.05) is 35.0 Å². The molecule has 1 aromatic heterocycles. The first kappa shape index (κ1) is 14.0. The maximum absolute atomic E-state index is 6.11. The van der Waals surface area contributed by atoms with Crippen LogP contribution in [0.5, 0.6) is 0 Å². The van der Waals surface area contributed by atoms with Crippen molar-refractivity contribution in [3.63, 3.8) is 0 Å². The minimum atomic E-state index is 0.563. The number of hydrogen-bond donors (Lipinski definition) is 0. The van der Waals surface area contributed by atoms with Crippen molar-refractivity contribution in [1.82, 2.24) is 9.97 Å². The molecule has 6 heteroatoms. The van der Waals surface area contributed by atoms with Crippen LogP contribution in [0.15, 0.2) is 23.4 Å². The molecular formula is C14H13Cl2N3S. The van der Waals surface area contributed by atoms with Crippen LogP contribution in [0.3, 0.4) is 0 Å². The summed E-state index contributed by atoms with van der Waals surface area (Å²) in [4.78, 5) is 11.3. The summed E-state index contributed by atoms with van der Waals surface area (Å²) in [7, 11) is 0. The van der Waals surface area contributed by atoms with Crippen molar-refractivity contribution in [2.75, 3.05) is 17.7 Å². The van der Waals surface area contributed by atoms with Crippen molar-refractivity contribution in [3.8, 4) is 0 Å². The Balaban J connectivity index is 2.07. The molecule has 0 saturated heterocycles. The van der Waals surface area contributed by atoms with Crippen LogP contribution in [0.2, 0.25) is 10.0 Å². The third-order valence-corrected chi connectivity index (χ3v) is 4.70. The number of anilines is 2. The highest BCUT2D eigenvalue weighted by Gasteiger charge is 2.25. The minimum Gasteiger partial charge on any atom is -0.326 e.